The van der Waals surface area contributed by atoms with E-state index in [0.29, 0.717) is 0 Å². The molecule has 1 aromatic heterocycles. The summed E-state index contributed by atoms with van der Waals surface area (Å²) in [5, 5.41) is 30.2. The second-order valence-electron chi connectivity index (χ2n) is 2.08. The molecule has 66 valence electrons. The lowest BCUT2D eigenvalue weighted by Crippen LogP contribution is -2.62. The van der Waals surface area contributed by atoms with Crippen LogP contribution in [-0.4, -0.2) is 5.11 Å². The molecule has 8 heteroatoms. The largest absolute Gasteiger partial charge is 0.657 e. The quantitative estimate of drug-likeness (QED) is 0.249. The fourth-order valence-corrected chi connectivity index (χ4v) is 0.648. The van der Waals surface area contributed by atoms with Crippen LogP contribution in [0.1, 0.15) is 0 Å². The van der Waals surface area contributed by atoms with E-state index in [-0.39, 0.29) is 10.5 Å². The van der Waals surface area contributed by atoms with E-state index >= 15 is 0 Å². The van der Waals surface area contributed by atoms with Gasteiger partial charge in [-0.15, -0.1) is 0 Å². The summed E-state index contributed by atoms with van der Waals surface area (Å²) in [6, 6.07) is 0. The van der Waals surface area contributed by atoms with Gasteiger partial charge in [0.15, 0.2) is 11.4 Å². The number of aromatic hydroxyl groups is 1. The standard InChI is InChI=1S/C4H7N5O3/c5-1-2(6)4(10)9(12)8(11)3(1)7/h10H,5-7H2. The summed E-state index contributed by atoms with van der Waals surface area (Å²) in [6.07, 6.45) is 0. The zero-order valence-electron chi connectivity index (χ0n) is 5.89. The van der Waals surface area contributed by atoms with Gasteiger partial charge in [0.05, 0.1) is 0 Å². The fraction of sp³-hybridized carbons (Fsp3) is 0. The summed E-state index contributed by atoms with van der Waals surface area (Å²) in [7, 11) is 0. The Bertz CT molecular complexity index is 233. The minimum absolute atomic E-state index is 0.305. The van der Waals surface area contributed by atoms with Crippen LogP contribution in [-0.2, 0) is 0 Å². The molecular weight excluding hydrogens is 166 g/mol. The van der Waals surface area contributed by atoms with E-state index in [9.17, 15) is 10.4 Å². The van der Waals surface area contributed by atoms with Gasteiger partial charge < -0.3 is 27.0 Å². The average Bonchev–Trinajstić information content (AvgIpc) is 2.08. The number of nitrogen functional groups attached to an aromatic ring is 3. The molecule has 0 aliphatic rings. The third kappa shape index (κ3) is 0.779. The predicted octanol–water partition coefficient (Wildman–Crippen LogP) is -2.59. The van der Waals surface area contributed by atoms with Gasteiger partial charge in [-0.2, -0.15) is 0 Å². The number of hydrogen-bond donors (Lipinski definition) is 4. The van der Waals surface area contributed by atoms with Gasteiger partial charge in [0, 0.05) is 9.69 Å². The molecule has 0 atom stereocenters. The second kappa shape index (κ2) is 2.19. The third-order valence-electron chi connectivity index (χ3n) is 1.36. The van der Waals surface area contributed by atoms with Gasteiger partial charge >= 0.3 is 11.7 Å². The first-order valence-electron chi connectivity index (χ1n) is 2.85. The van der Waals surface area contributed by atoms with Crippen molar-refractivity contribution >= 4 is 17.2 Å². The zero-order valence-corrected chi connectivity index (χ0v) is 5.89. The molecule has 0 radical (unpaired) electrons. The fourth-order valence-electron chi connectivity index (χ4n) is 0.648. The number of aromatic nitrogens is 2. The van der Waals surface area contributed by atoms with Crippen molar-refractivity contribution in [1.82, 2.24) is 0 Å². The summed E-state index contributed by atoms with van der Waals surface area (Å²) in [4.78, 5) is -0.706. The van der Waals surface area contributed by atoms with Gasteiger partial charge in [-0.25, -0.2) is 0 Å². The SMILES string of the molecule is Nc1c(N)c(O)[n+]([O-])[n+]([O-])c1N. The molecule has 0 amide bonds. The highest BCUT2D eigenvalue weighted by Gasteiger charge is 2.23. The van der Waals surface area contributed by atoms with Crippen LogP contribution in [0, 0.1) is 10.4 Å². The van der Waals surface area contributed by atoms with Crippen molar-refractivity contribution in [3.05, 3.63) is 10.4 Å². The summed E-state index contributed by atoms with van der Waals surface area (Å²) >= 11 is 0. The van der Waals surface area contributed by atoms with Gasteiger partial charge in [0.1, 0.15) is 0 Å². The van der Waals surface area contributed by atoms with E-state index in [1.54, 1.807) is 0 Å². The first-order valence-corrected chi connectivity index (χ1v) is 2.85. The number of nitrogens with zero attached hydrogens (tertiary/aromatic N) is 2. The van der Waals surface area contributed by atoms with Crippen LogP contribution in [0.3, 0.4) is 0 Å². The molecule has 0 aliphatic carbocycles. The van der Waals surface area contributed by atoms with Crippen LogP contribution < -0.4 is 26.9 Å². The lowest BCUT2D eigenvalue weighted by atomic mass is 10.4. The lowest BCUT2D eigenvalue weighted by Gasteiger charge is -2.08. The van der Waals surface area contributed by atoms with Crippen LogP contribution in [0.4, 0.5) is 17.2 Å². The zero-order chi connectivity index (χ0) is 9.46. The first-order chi connectivity index (χ1) is 5.46. The van der Waals surface area contributed by atoms with E-state index in [1.807, 2.05) is 0 Å². The molecule has 0 spiro atoms. The number of anilines is 3. The van der Waals surface area contributed by atoms with Crippen molar-refractivity contribution in [1.29, 1.82) is 0 Å². The molecule has 1 heterocycles. The number of nitrogens with two attached hydrogens (primary N) is 3. The van der Waals surface area contributed by atoms with Crippen molar-refractivity contribution in [2.24, 2.45) is 0 Å². The molecule has 0 saturated carbocycles. The topological polar surface area (TPSA) is 152 Å². The Balaban J connectivity index is 3.60. The second-order valence-corrected chi connectivity index (χ2v) is 2.08. The molecule has 8 nitrogen and oxygen atoms in total. The number of rotatable bonds is 0. The van der Waals surface area contributed by atoms with Gasteiger partial charge in [0.2, 0.25) is 0 Å². The summed E-state index contributed by atoms with van der Waals surface area (Å²) < 4.78 is 0. The minimum Gasteiger partial charge on any atom is -0.657 e. The van der Waals surface area contributed by atoms with Crippen molar-refractivity contribution in [2.45, 2.75) is 0 Å². The Kier molecular flexibility index (Phi) is 1.45. The van der Waals surface area contributed by atoms with Crippen LogP contribution in [0.25, 0.3) is 0 Å². The van der Waals surface area contributed by atoms with Gasteiger partial charge in [-0.1, -0.05) is 0 Å². The van der Waals surface area contributed by atoms with E-state index in [1.165, 1.54) is 0 Å². The monoisotopic (exact) mass is 173 g/mol. The minimum atomic E-state index is -0.961. The van der Waals surface area contributed by atoms with Crippen LogP contribution in [0.15, 0.2) is 0 Å². The first kappa shape index (κ1) is 7.98. The van der Waals surface area contributed by atoms with Crippen molar-refractivity contribution in [3.63, 3.8) is 0 Å². The Hall–Kier alpha value is -2.12. The van der Waals surface area contributed by atoms with E-state index < -0.39 is 22.2 Å². The van der Waals surface area contributed by atoms with Crippen LogP contribution in [0.5, 0.6) is 5.88 Å². The number of hydrogen-bond acceptors (Lipinski definition) is 6. The van der Waals surface area contributed by atoms with Crippen LogP contribution in [0.2, 0.25) is 0 Å². The molecule has 7 N–H and O–H groups in total. The smallest absolute Gasteiger partial charge is 0.446 e. The Morgan fingerprint density at radius 2 is 1.50 bits per heavy atom. The molecular formula is C4H7N5O3. The highest BCUT2D eigenvalue weighted by Crippen LogP contribution is 2.23. The maximum Gasteiger partial charge on any atom is 0.446 e. The van der Waals surface area contributed by atoms with Crippen LogP contribution >= 0.6 is 0 Å². The van der Waals surface area contributed by atoms with Crippen molar-refractivity contribution < 1.29 is 14.8 Å². The van der Waals surface area contributed by atoms with Gasteiger partial charge in [-0.05, 0) is 0 Å². The maximum absolute atomic E-state index is 10.7. The summed E-state index contributed by atoms with van der Waals surface area (Å²) in [5.74, 6) is -1.50. The van der Waals surface area contributed by atoms with Crippen molar-refractivity contribution in [2.75, 3.05) is 17.2 Å². The normalized spacial score (nSPS) is 10.0. The molecule has 0 unspecified atom stereocenters. The van der Waals surface area contributed by atoms with E-state index in [4.69, 9.17) is 22.3 Å². The molecule has 0 aromatic carbocycles. The van der Waals surface area contributed by atoms with E-state index in [2.05, 4.69) is 0 Å². The molecule has 0 fully saturated rings. The van der Waals surface area contributed by atoms with Crippen molar-refractivity contribution in [3.8, 4) is 5.88 Å². The molecule has 0 bridgehead atoms. The summed E-state index contributed by atoms with van der Waals surface area (Å²) in [6.45, 7) is 0. The Morgan fingerprint density at radius 1 is 1.00 bits per heavy atom. The van der Waals surface area contributed by atoms with Gasteiger partial charge in [0.25, 0.3) is 0 Å². The summed E-state index contributed by atoms with van der Waals surface area (Å²) in [5.41, 5.74) is 14.6. The average molecular weight is 173 g/mol. The highest BCUT2D eigenvalue weighted by molar-refractivity contribution is 5.74. The van der Waals surface area contributed by atoms with E-state index in [0.717, 1.165) is 0 Å². The Labute approximate surface area is 66.6 Å². The predicted molar refractivity (Wildman–Crippen MR) is 39.3 cm³/mol. The maximum atomic E-state index is 10.7. The Morgan fingerprint density at radius 3 is 2.00 bits per heavy atom. The lowest BCUT2D eigenvalue weighted by molar-refractivity contribution is -1.18. The molecule has 1 rings (SSSR count). The van der Waals surface area contributed by atoms with Gasteiger partial charge in [-0.3, -0.25) is 5.73 Å². The molecule has 0 aliphatic heterocycles. The highest BCUT2D eigenvalue weighted by atomic mass is 16.6. The molecule has 1 aromatic rings. The molecule has 12 heavy (non-hydrogen) atoms. The molecule has 0 saturated heterocycles. The third-order valence-corrected chi connectivity index (χ3v) is 1.36.